The fourth-order valence-electron chi connectivity index (χ4n) is 2.79. The number of amides is 1. The van der Waals surface area contributed by atoms with Crippen LogP contribution in [0.15, 0.2) is 47.4 Å². The standard InChI is InChI=1S/C22H28N2O7S/c1-14(2)24-32(27,28)19-10-7-17(8-11-19)23-22(26)15(3)31-21(25)12-16-6-9-18(29-4)13-20(16)30-5/h6-11,13-15,24H,12H2,1-5H3,(H,23,26). The summed E-state index contributed by atoms with van der Waals surface area (Å²) in [5.74, 6) is -0.0841. The van der Waals surface area contributed by atoms with Crippen molar-refractivity contribution in [3.05, 3.63) is 48.0 Å². The number of carbonyl (C=O) groups excluding carboxylic acids is 2. The molecule has 2 rings (SSSR count). The summed E-state index contributed by atoms with van der Waals surface area (Å²) in [6, 6.07) is 10.5. The Bertz CT molecular complexity index is 1050. The third-order valence-electron chi connectivity index (χ3n) is 4.33. The number of esters is 1. The van der Waals surface area contributed by atoms with Crippen molar-refractivity contribution in [1.82, 2.24) is 4.72 Å². The molecule has 32 heavy (non-hydrogen) atoms. The van der Waals surface area contributed by atoms with Crippen molar-refractivity contribution in [1.29, 1.82) is 0 Å². The molecule has 0 aromatic heterocycles. The number of rotatable bonds is 10. The van der Waals surface area contributed by atoms with Crippen molar-refractivity contribution in [3.8, 4) is 11.5 Å². The normalized spacial score (nSPS) is 12.2. The van der Waals surface area contributed by atoms with E-state index >= 15 is 0 Å². The Labute approximate surface area is 188 Å². The van der Waals surface area contributed by atoms with Gasteiger partial charge >= 0.3 is 5.97 Å². The number of hydrogen-bond acceptors (Lipinski definition) is 7. The van der Waals surface area contributed by atoms with E-state index < -0.39 is 28.0 Å². The molecular formula is C22H28N2O7S. The van der Waals surface area contributed by atoms with Gasteiger partial charge in [-0.05, 0) is 51.1 Å². The predicted molar refractivity (Wildman–Crippen MR) is 119 cm³/mol. The highest BCUT2D eigenvalue weighted by molar-refractivity contribution is 7.89. The van der Waals surface area contributed by atoms with Crippen molar-refractivity contribution in [2.24, 2.45) is 0 Å². The van der Waals surface area contributed by atoms with E-state index in [-0.39, 0.29) is 17.4 Å². The molecule has 0 heterocycles. The van der Waals surface area contributed by atoms with Crippen molar-refractivity contribution in [2.45, 2.75) is 44.2 Å². The molecule has 0 aliphatic carbocycles. The van der Waals surface area contributed by atoms with Crippen molar-refractivity contribution in [2.75, 3.05) is 19.5 Å². The van der Waals surface area contributed by atoms with Gasteiger partial charge in [0.15, 0.2) is 6.10 Å². The van der Waals surface area contributed by atoms with Gasteiger partial charge in [-0.2, -0.15) is 0 Å². The first kappa shape index (κ1) is 25.2. The molecule has 0 saturated carbocycles. The van der Waals surface area contributed by atoms with Crippen LogP contribution >= 0.6 is 0 Å². The maximum absolute atomic E-state index is 12.4. The number of hydrogen-bond donors (Lipinski definition) is 2. The van der Waals surface area contributed by atoms with E-state index in [1.54, 1.807) is 32.0 Å². The molecule has 1 amide bonds. The molecule has 0 bridgehead atoms. The maximum atomic E-state index is 12.4. The van der Waals surface area contributed by atoms with E-state index in [9.17, 15) is 18.0 Å². The molecular weight excluding hydrogens is 436 g/mol. The molecule has 10 heteroatoms. The molecule has 0 saturated heterocycles. The summed E-state index contributed by atoms with van der Waals surface area (Å²) in [5.41, 5.74) is 0.968. The zero-order valence-corrected chi connectivity index (χ0v) is 19.5. The van der Waals surface area contributed by atoms with E-state index in [0.29, 0.717) is 22.7 Å². The molecule has 2 N–H and O–H groups in total. The molecule has 1 atom stereocenters. The van der Waals surface area contributed by atoms with Crippen molar-refractivity contribution in [3.63, 3.8) is 0 Å². The predicted octanol–water partition coefficient (Wildman–Crippen LogP) is 2.50. The molecule has 0 fully saturated rings. The lowest BCUT2D eigenvalue weighted by molar-refractivity contribution is -0.152. The van der Waals surface area contributed by atoms with Crippen LogP contribution in [0.5, 0.6) is 11.5 Å². The Kier molecular flexibility index (Phi) is 8.62. The van der Waals surface area contributed by atoms with Gasteiger partial charge in [0, 0.05) is 23.4 Å². The van der Waals surface area contributed by atoms with Crippen LogP contribution < -0.4 is 19.5 Å². The monoisotopic (exact) mass is 464 g/mol. The Morgan fingerprint density at radius 3 is 2.19 bits per heavy atom. The van der Waals surface area contributed by atoms with Crippen LogP contribution in [-0.4, -0.2) is 46.7 Å². The Balaban J connectivity index is 1.96. The van der Waals surface area contributed by atoms with Gasteiger partial charge < -0.3 is 19.5 Å². The van der Waals surface area contributed by atoms with Gasteiger partial charge in [0.2, 0.25) is 10.0 Å². The second kappa shape index (κ2) is 11.0. The minimum Gasteiger partial charge on any atom is -0.497 e. The molecule has 0 radical (unpaired) electrons. The zero-order valence-electron chi connectivity index (χ0n) is 18.7. The summed E-state index contributed by atoms with van der Waals surface area (Å²) in [5, 5.41) is 2.60. The average molecular weight is 465 g/mol. The second-order valence-electron chi connectivity index (χ2n) is 7.28. The average Bonchev–Trinajstić information content (AvgIpc) is 2.73. The quantitative estimate of drug-likeness (QED) is 0.518. The van der Waals surface area contributed by atoms with Crippen LogP contribution in [0.4, 0.5) is 5.69 Å². The smallest absolute Gasteiger partial charge is 0.311 e. The number of nitrogens with one attached hydrogen (secondary N) is 2. The number of carbonyl (C=O) groups is 2. The fourth-order valence-corrected chi connectivity index (χ4v) is 4.04. The van der Waals surface area contributed by atoms with E-state index in [2.05, 4.69) is 10.0 Å². The molecule has 0 aliphatic rings. The number of sulfonamides is 1. The van der Waals surface area contributed by atoms with E-state index in [0.717, 1.165) is 0 Å². The summed E-state index contributed by atoms with van der Waals surface area (Å²) in [6.07, 6.45) is -1.14. The second-order valence-corrected chi connectivity index (χ2v) is 8.99. The Morgan fingerprint density at radius 2 is 1.62 bits per heavy atom. The summed E-state index contributed by atoms with van der Waals surface area (Å²) < 4.78 is 42.4. The first-order valence-corrected chi connectivity index (χ1v) is 11.4. The molecule has 0 spiro atoms. The highest BCUT2D eigenvalue weighted by Crippen LogP contribution is 2.25. The van der Waals surface area contributed by atoms with Gasteiger partial charge in [0.1, 0.15) is 11.5 Å². The molecule has 2 aromatic carbocycles. The van der Waals surface area contributed by atoms with Crippen molar-refractivity contribution >= 4 is 27.6 Å². The first-order valence-electron chi connectivity index (χ1n) is 9.89. The fraction of sp³-hybridized carbons (Fsp3) is 0.364. The van der Waals surface area contributed by atoms with Crippen molar-refractivity contribution < 1.29 is 32.2 Å². The van der Waals surface area contributed by atoms with Crippen LogP contribution in [0, 0.1) is 0 Å². The Hall–Kier alpha value is -3.11. The molecule has 9 nitrogen and oxygen atoms in total. The highest BCUT2D eigenvalue weighted by Gasteiger charge is 2.20. The largest absolute Gasteiger partial charge is 0.497 e. The highest BCUT2D eigenvalue weighted by atomic mass is 32.2. The van der Waals surface area contributed by atoms with Gasteiger partial charge in [0.25, 0.3) is 5.91 Å². The van der Waals surface area contributed by atoms with Crippen LogP contribution in [-0.2, 0) is 30.8 Å². The van der Waals surface area contributed by atoms with Crippen LogP contribution in [0.25, 0.3) is 0 Å². The number of anilines is 1. The summed E-state index contributed by atoms with van der Waals surface area (Å²) in [4.78, 5) is 24.7. The van der Waals surface area contributed by atoms with Gasteiger partial charge in [-0.1, -0.05) is 6.07 Å². The first-order chi connectivity index (χ1) is 15.1. The third kappa shape index (κ3) is 6.96. The Morgan fingerprint density at radius 1 is 0.969 bits per heavy atom. The van der Waals surface area contributed by atoms with Crippen LogP contribution in [0.1, 0.15) is 26.3 Å². The minimum absolute atomic E-state index is 0.0807. The topological polar surface area (TPSA) is 120 Å². The van der Waals surface area contributed by atoms with Gasteiger partial charge in [0.05, 0.1) is 25.5 Å². The minimum atomic E-state index is -3.63. The zero-order chi connectivity index (χ0) is 23.9. The molecule has 2 aromatic rings. The lowest BCUT2D eigenvalue weighted by atomic mass is 10.1. The lowest BCUT2D eigenvalue weighted by Gasteiger charge is -2.15. The molecule has 174 valence electrons. The van der Waals surface area contributed by atoms with E-state index in [1.165, 1.54) is 45.4 Å². The van der Waals surface area contributed by atoms with Gasteiger partial charge in [-0.15, -0.1) is 0 Å². The number of benzene rings is 2. The van der Waals surface area contributed by atoms with E-state index in [4.69, 9.17) is 14.2 Å². The number of ether oxygens (including phenoxy) is 3. The van der Waals surface area contributed by atoms with Gasteiger partial charge in [-0.25, -0.2) is 13.1 Å². The van der Waals surface area contributed by atoms with Crippen LogP contribution in [0.2, 0.25) is 0 Å². The van der Waals surface area contributed by atoms with E-state index in [1.807, 2.05) is 0 Å². The SMILES string of the molecule is COc1ccc(CC(=O)OC(C)C(=O)Nc2ccc(S(=O)(=O)NC(C)C)cc2)c(OC)c1. The third-order valence-corrected chi connectivity index (χ3v) is 6.00. The number of methoxy groups -OCH3 is 2. The van der Waals surface area contributed by atoms with Gasteiger partial charge in [-0.3, -0.25) is 9.59 Å². The maximum Gasteiger partial charge on any atom is 0.311 e. The summed E-state index contributed by atoms with van der Waals surface area (Å²) in [6.45, 7) is 4.89. The molecule has 1 unspecified atom stereocenters. The van der Waals surface area contributed by atoms with Crippen LogP contribution in [0.3, 0.4) is 0 Å². The molecule has 0 aliphatic heterocycles. The summed E-state index contributed by atoms with van der Waals surface area (Å²) in [7, 11) is -0.620. The summed E-state index contributed by atoms with van der Waals surface area (Å²) >= 11 is 0. The lowest BCUT2D eigenvalue weighted by Crippen LogP contribution is -2.31.